The van der Waals surface area contributed by atoms with Crippen molar-refractivity contribution in [1.29, 1.82) is 0 Å². The monoisotopic (exact) mass is 144 g/mol. The van der Waals surface area contributed by atoms with E-state index in [2.05, 4.69) is 26.0 Å². The Balaban J connectivity index is 0.000000490. The molecule has 0 atom stereocenters. The molecule has 0 bridgehead atoms. The topological polar surface area (TPSA) is 0 Å². The third-order valence-corrected chi connectivity index (χ3v) is 1.37. The second-order valence-electron chi connectivity index (χ2n) is 1.96. The van der Waals surface area contributed by atoms with Crippen LogP contribution >= 0.6 is 0 Å². The fourth-order valence-electron chi connectivity index (χ4n) is 0.634. The van der Waals surface area contributed by atoms with E-state index in [-0.39, 0.29) is 18.6 Å². The maximum Gasteiger partial charge on any atom is 0 e. The molecule has 0 spiro atoms. The Bertz CT molecular complexity index is 131. The van der Waals surface area contributed by atoms with Crippen molar-refractivity contribution in [2.24, 2.45) is 0 Å². The summed E-state index contributed by atoms with van der Waals surface area (Å²) in [5, 5.41) is 0. The van der Waals surface area contributed by atoms with Crippen molar-refractivity contribution in [3.63, 3.8) is 0 Å². The SMILES string of the molecule is CC1=C(C)CC=[C-]1.[V]. The molecule has 0 saturated heterocycles. The number of hydrogen-bond donors (Lipinski definition) is 0. The Morgan fingerprint density at radius 2 is 2.12 bits per heavy atom. The van der Waals surface area contributed by atoms with Crippen LogP contribution in [0.3, 0.4) is 0 Å². The minimum atomic E-state index is 0. The molecule has 0 saturated carbocycles. The Labute approximate surface area is 62.6 Å². The van der Waals surface area contributed by atoms with E-state index < -0.39 is 0 Å². The molecule has 0 aliphatic heterocycles. The Kier molecular flexibility index (Phi) is 3.19. The van der Waals surface area contributed by atoms with Gasteiger partial charge in [-0.15, -0.1) is 6.92 Å². The Morgan fingerprint density at radius 1 is 1.50 bits per heavy atom. The first-order chi connectivity index (χ1) is 3.30. The third kappa shape index (κ3) is 1.54. The van der Waals surface area contributed by atoms with E-state index in [1.54, 1.807) is 0 Å². The van der Waals surface area contributed by atoms with Crippen LogP contribution in [0.2, 0.25) is 0 Å². The van der Waals surface area contributed by atoms with Crippen LogP contribution in [0.4, 0.5) is 0 Å². The molecule has 0 N–H and O–H groups in total. The van der Waals surface area contributed by atoms with Gasteiger partial charge < -0.3 is 0 Å². The van der Waals surface area contributed by atoms with Crippen molar-refractivity contribution in [3.8, 4) is 0 Å². The van der Waals surface area contributed by atoms with E-state index >= 15 is 0 Å². The standard InChI is InChI=1S/C7H9.V/c1-6-4-3-5-7(6)2;/h3H,4H2,1-2H3;/q-1;. The van der Waals surface area contributed by atoms with Crippen molar-refractivity contribution in [2.45, 2.75) is 20.3 Å². The smallest absolute Gasteiger partial charge is 0 e. The molecular weight excluding hydrogens is 135 g/mol. The fraction of sp³-hybridized carbons (Fsp3) is 0.429. The molecule has 0 heterocycles. The molecular formula is C7H9V-. The minimum absolute atomic E-state index is 0. The van der Waals surface area contributed by atoms with E-state index in [1.807, 2.05) is 0 Å². The zero-order chi connectivity index (χ0) is 5.28. The largest absolute Gasteiger partial charge is 0.253 e. The van der Waals surface area contributed by atoms with Crippen molar-refractivity contribution in [2.75, 3.05) is 0 Å². The summed E-state index contributed by atoms with van der Waals surface area (Å²) in [4.78, 5) is 0. The van der Waals surface area contributed by atoms with Crippen LogP contribution in [0, 0.1) is 6.08 Å². The molecule has 43 valence electrons. The van der Waals surface area contributed by atoms with Gasteiger partial charge >= 0.3 is 0 Å². The number of allylic oxidation sites excluding steroid dienone is 4. The molecule has 0 fully saturated rings. The van der Waals surface area contributed by atoms with Crippen molar-refractivity contribution < 1.29 is 18.6 Å². The maximum atomic E-state index is 3.12. The van der Waals surface area contributed by atoms with Gasteiger partial charge in [-0.25, -0.2) is 11.1 Å². The fourth-order valence-corrected chi connectivity index (χ4v) is 0.634. The Hall–Kier alpha value is 0.0644. The van der Waals surface area contributed by atoms with Gasteiger partial charge in [-0.3, -0.25) is 6.08 Å². The van der Waals surface area contributed by atoms with Crippen LogP contribution in [0.25, 0.3) is 0 Å². The van der Waals surface area contributed by atoms with E-state index in [1.165, 1.54) is 11.1 Å². The van der Waals surface area contributed by atoms with Gasteiger partial charge in [0.2, 0.25) is 0 Å². The molecule has 1 rings (SSSR count). The van der Waals surface area contributed by atoms with Crippen LogP contribution < -0.4 is 0 Å². The van der Waals surface area contributed by atoms with E-state index in [4.69, 9.17) is 0 Å². The second kappa shape index (κ2) is 3.16. The van der Waals surface area contributed by atoms with E-state index in [0.717, 1.165) is 6.42 Å². The zero-order valence-corrected chi connectivity index (χ0v) is 6.63. The average molecular weight is 144 g/mol. The van der Waals surface area contributed by atoms with Gasteiger partial charge in [0.05, 0.1) is 0 Å². The van der Waals surface area contributed by atoms with Crippen LogP contribution in [0.5, 0.6) is 0 Å². The van der Waals surface area contributed by atoms with Crippen molar-refractivity contribution >= 4 is 0 Å². The molecule has 0 nitrogen and oxygen atoms in total. The second-order valence-corrected chi connectivity index (χ2v) is 1.96. The summed E-state index contributed by atoms with van der Waals surface area (Å²) in [7, 11) is 0. The summed E-state index contributed by atoms with van der Waals surface area (Å²) in [6.45, 7) is 4.24. The number of rotatable bonds is 0. The van der Waals surface area contributed by atoms with Gasteiger partial charge in [0, 0.05) is 18.6 Å². The van der Waals surface area contributed by atoms with Gasteiger partial charge in [0.15, 0.2) is 0 Å². The quantitative estimate of drug-likeness (QED) is 0.456. The Morgan fingerprint density at radius 3 is 2.25 bits per heavy atom. The van der Waals surface area contributed by atoms with Crippen molar-refractivity contribution in [3.05, 3.63) is 23.3 Å². The predicted octanol–water partition coefficient (Wildman–Crippen LogP) is 2.08. The molecule has 0 aromatic carbocycles. The summed E-state index contributed by atoms with van der Waals surface area (Å²) < 4.78 is 0. The molecule has 8 heavy (non-hydrogen) atoms. The first kappa shape index (κ1) is 8.06. The maximum absolute atomic E-state index is 3.12. The number of hydrogen-bond acceptors (Lipinski definition) is 0. The molecule has 0 aromatic heterocycles. The molecule has 1 aliphatic carbocycles. The molecule has 0 aromatic rings. The van der Waals surface area contributed by atoms with Gasteiger partial charge in [0.1, 0.15) is 0 Å². The van der Waals surface area contributed by atoms with Crippen LogP contribution in [0.1, 0.15) is 20.3 Å². The average Bonchev–Trinajstić information content (AvgIpc) is 1.91. The van der Waals surface area contributed by atoms with Gasteiger partial charge in [-0.05, 0) is 0 Å². The zero-order valence-electron chi connectivity index (χ0n) is 5.23. The first-order valence-corrected chi connectivity index (χ1v) is 2.55. The molecule has 1 aliphatic rings. The summed E-state index contributed by atoms with van der Waals surface area (Å²) in [5.74, 6) is 0. The molecule has 0 amide bonds. The van der Waals surface area contributed by atoms with Crippen LogP contribution in [-0.2, 0) is 18.6 Å². The summed E-state index contributed by atoms with van der Waals surface area (Å²) in [5.41, 5.74) is 2.78. The minimum Gasteiger partial charge on any atom is -0.253 e. The first-order valence-electron chi connectivity index (χ1n) is 2.55. The normalized spacial score (nSPS) is 16.8. The predicted molar refractivity (Wildman–Crippen MR) is 30.8 cm³/mol. The summed E-state index contributed by atoms with van der Waals surface area (Å²) in [6.07, 6.45) is 6.31. The van der Waals surface area contributed by atoms with Crippen molar-refractivity contribution in [1.82, 2.24) is 0 Å². The van der Waals surface area contributed by atoms with Gasteiger partial charge in [-0.2, -0.15) is 6.08 Å². The summed E-state index contributed by atoms with van der Waals surface area (Å²) in [6, 6.07) is 0. The van der Waals surface area contributed by atoms with Crippen LogP contribution in [0.15, 0.2) is 17.2 Å². The van der Waals surface area contributed by atoms with Gasteiger partial charge in [-0.1, -0.05) is 13.3 Å². The van der Waals surface area contributed by atoms with Crippen LogP contribution in [-0.4, -0.2) is 0 Å². The molecule has 1 radical (unpaired) electrons. The molecule has 1 heteroatoms. The summed E-state index contributed by atoms with van der Waals surface area (Å²) >= 11 is 0. The van der Waals surface area contributed by atoms with E-state index in [0.29, 0.717) is 0 Å². The van der Waals surface area contributed by atoms with E-state index in [9.17, 15) is 0 Å². The molecule has 0 unspecified atom stereocenters. The third-order valence-electron chi connectivity index (χ3n) is 1.37. The van der Waals surface area contributed by atoms with Gasteiger partial charge in [0.25, 0.3) is 0 Å².